The molecule has 5 rings (SSSR count). The average molecular weight is 552 g/mol. The van der Waals surface area contributed by atoms with Crippen molar-refractivity contribution in [2.75, 3.05) is 11.9 Å². The first kappa shape index (κ1) is 23.0. The molecule has 1 amide bonds. The van der Waals surface area contributed by atoms with Crippen molar-refractivity contribution in [3.05, 3.63) is 76.0 Å². The van der Waals surface area contributed by atoms with Gasteiger partial charge in [0.2, 0.25) is 5.13 Å². The minimum absolute atomic E-state index is 0.224. The number of ether oxygens (including phenoxy) is 1. The summed E-state index contributed by atoms with van der Waals surface area (Å²) in [7, 11) is 0. The Bertz CT molecular complexity index is 1550. The van der Waals surface area contributed by atoms with Crippen LogP contribution in [0.25, 0.3) is 33.1 Å². The first-order chi connectivity index (χ1) is 16.9. The van der Waals surface area contributed by atoms with Crippen LogP contribution in [0.4, 0.5) is 5.13 Å². The molecule has 0 spiro atoms. The van der Waals surface area contributed by atoms with Gasteiger partial charge < -0.3 is 13.6 Å². The molecule has 176 valence electrons. The number of aryl methyl sites for hydroxylation is 1. The van der Waals surface area contributed by atoms with Crippen molar-refractivity contribution in [3.8, 4) is 22.1 Å². The molecule has 2 aromatic carbocycles. The highest BCUT2D eigenvalue weighted by Crippen LogP contribution is 2.33. The van der Waals surface area contributed by atoms with Crippen molar-refractivity contribution in [1.29, 1.82) is 0 Å². The number of carbonyl (C=O) groups excluding carboxylic acids is 2. The summed E-state index contributed by atoms with van der Waals surface area (Å²) >= 11 is 4.62. The monoisotopic (exact) mass is 551 g/mol. The summed E-state index contributed by atoms with van der Waals surface area (Å²) in [5.41, 5.74) is 2.65. The lowest BCUT2D eigenvalue weighted by Crippen LogP contribution is -2.11. The second-order valence-electron chi connectivity index (χ2n) is 7.52. The van der Waals surface area contributed by atoms with Crippen LogP contribution in [0.15, 0.2) is 67.9 Å². The molecule has 3 heterocycles. The van der Waals surface area contributed by atoms with Crippen molar-refractivity contribution < 1.29 is 23.2 Å². The number of nitrogens with one attached hydrogen (secondary N) is 1. The first-order valence-corrected chi connectivity index (χ1v) is 12.2. The maximum atomic E-state index is 12.8. The van der Waals surface area contributed by atoms with Gasteiger partial charge in [-0.05, 0) is 56.3 Å². The van der Waals surface area contributed by atoms with Gasteiger partial charge in [-0.25, -0.2) is 4.79 Å². The zero-order valence-corrected chi connectivity index (χ0v) is 21.0. The highest BCUT2D eigenvalue weighted by molar-refractivity contribution is 9.10. The molecule has 0 fully saturated rings. The van der Waals surface area contributed by atoms with Crippen LogP contribution in [-0.2, 0) is 4.74 Å². The number of aromatic nitrogens is 2. The summed E-state index contributed by atoms with van der Waals surface area (Å²) in [5, 5.41) is 12.6. The highest BCUT2D eigenvalue weighted by atomic mass is 79.9. The maximum Gasteiger partial charge on any atom is 0.338 e. The predicted octanol–water partition coefficient (Wildman–Crippen LogP) is 6.71. The first-order valence-electron chi connectivity index (χ1n) is 10.6. The van der Waals surface area contributed by atoms with E-state index in [4.69, 9.17) is 13.6 Å². The number of nitrogens with zero attached hydrogens (tertiary/aromatic N) is 2. The molecule has 0 bridgehead atoms. The fourth-order valence-corrected chi connectivity index (χ4v) is 4.59. The Kier molecular flexibility index (Phi) is 6.23. The van der Waals surface area contributed by atoms with Crippen LogP contribution in [-0.4, -0.2) is 28.7 Å². The van der Waals surface area contributed by atoms with Crippen LogP contribution in [0, 0.1) is 6.92 Å². The largest absolute Gasteiger partial charge is 0.462 e. The molecule has 0 aliphatic heterocycles. The van der Waals surface area contributed by atoms with Gasteiger partial charge in [0.25, 0.3) is 5.91 Å². The fourth-order valence-electron chi connectivity index (χ4n) is 3.53. The zero-order valence-electron chi connectivity index (χ0n) is 18.6. The van der Waals surface area contributed by atoms with Gasteiger partial charge in [-0.1, -0.05) is 39.4 Å². The summed E-state index contributed by atoms with van der Waals surface area (Å²) < 4.78 is 17.6. The Hall–Kier alpha value is -3.76. The van der Waals surface area contributed by atoms with E-state index in [1.54, 1.807) is 37.3 Å². The van der Waals surface area contributed by atoms with E-state index in [1.807, 2.05) is 31.2 Å². The Morgan fingerprint density at radius 1 is 1.03 bits per heavy atom. The molecule has 0 radical (unpaired) electrons. The van der Waals surface area contributed by atoms with Gasteiger partial charge >= 0.3 is 5.97 Å². The number of rotatable bonds is 6. The van der Waals surface area contributed by atoms with Gasteiger partial charge in [0.1, 0.15) is 11.3 Å². The van der Waals surface area contributed by atoms with E-state index in [9.17, 15) is 9.59 Å². The van der Waals surface area contributed by atoms with Crippen LogP contribution in [0.1, 0.15) is 33.4 Å². The quantitative estimate of drug-likeness (QED) is 0.233. The van der Waals surface area contributed by atoms with Crippen molar-refractivity contribution in [2.24, 2.45) is 0 Å². The Morgan fingerprint density at radius 3 is 2.57 bits per heavy atom. The van der Waals surface area contributed by atoms with Crippen LogP contribution < -0.4 is 5.32 Å². The standard InChI is InChI=1S/C25H18BrN3O5S/c1-3-32-24(31)15-6-4-14(5-7-15)18-10-11-20(33-18)23-28-29-25(35-23)27-22(30)21-13(2)17-12-16(26)8-9-19(17)34-21/h4-12H,3H2,1-2H3,(H,27,29,30). The molecular weight excluding hydrogens is 534 g/mol. The Morgan fingerprint density at radius 2 is 1.80 bits per heavy atom. The van der Waals surface area contributed by atoms with E-state index < -0.39 is 5.91 Å². The summed E-state index contributed by atoms with van der Waals surface area (Å²) in [6.45, 7) is 3.92. The number of benzene rings is 2. The van der Waals surface area contributed by atoms with Gasteiger partial charge in [-0.2, -0.15) is 0 Å². The van der Waals surface area contributed by atoms with Gasteiger partial charge in [-0.3, -0.25) is 10.1 Å². The third-order valence-electron chi connectivity index (χ3n) is 5.25. The van der Waals surface area contributed by atoms with Gasteiger partial charge in [0.05, 0.1) is 12.2 Å². The lowest BCUT2D eigenvalue weighted by atomic mass is 10.1. The summed E-state index contributed by atoms with van der Waals surface area (Å²) in [6, 6.07) is 16.1. The molecular formula is C25H18BrN3O5S. The van der Waals surface area contributed by atoms with Crippen LogP contribution in [0.2, 0.25) is 0 Å². The van der Waals surface area contributed by atoms with Crippen LogP contribution >= 0.6 is 27.3 Å². The van der Waals surface area contributed by atoms with Crippen molar-refractivity contribution >= 4 is 55.2 Å². The van der Waals surface area contributed by atoms with E-state index in [1.165, 1.54) is 11.3 Å². The van der Waals surface area contributed by atoms with Crippen molar-refractivity contribution in [3.63, 3.8) is 0 Å². The average Bonchev–Trinajstić information content (AvgIpc) is 3.59. The lowest BCUT2D eigenvalue weighted by molar-refractivity contribution is 0.0526. The van der Waals surface area contributed by atoms with Gasteiger partial charge in [0.15, 0.2) is 16.5 Å². The molecule has 35 heavy (non-hydrogen) atoms. The Balaban J connectivity index is 1.31. The van der Waals surface area contributed by atoms with Gasteiger partial charge in [0, 0.05) is 21.0 Å². The number of esters is 1. The molecule has 0 saturated carbocycles. The number of amides is 1. The molecule has 0 aliphatic rings. The topological polar surface area (TPSA) is 107 Å². The molecule has 8 nitrogen and oxygen atoms in total. The third kappa shape index (κ3) is 4.62. The summed E-state index contributed by atoms with van der Waals surface area (Å²) in [6.07, 6.45) is 0. The molecule has 0 aliphatic carbocycles. The van der Waals surface area contributed by atoms with Crippen molar-refractivity contribution in [1.82, 2.24) is 10.2 Å². The van der Waals surface area contributed by atoms with Crippen LogP contribution in [0.3, 0.4) is 0 Å². The lowest BCUT2D eigenvalue weighted by Gasteiger charge is -2.02. The maximum absolute atomic E-state index is 12.8. The smallest absolute Gasteiger partial charge is 0.338 e. The predicted molar refractivity (Wildman–Crippen MR) is 136 cm³/mol. The highest BCUT2D eigenvalue weighted by Gasteiger charge is 2.20. The van der Waals surface area contributed by atoms with E-state index in [-0.39, 0.29) is 11.7 Å². The number of carbonyl (C=O) groups is 2. The van der Waals surface area contributed by atoms with Crippen molar-refractivity contribution in [2.45, 2.75) is 13.8 Å². The minimum atomic E-state index is -0.403. The molecule has 10 heteroatoms. The normalized spacial score (nSPS) is 11.1. The summed E-state index contributed by atoms with van der Waals surface area (Å²) in [5.74, 6) is 0.576. The SMILES string of the molecule is CCOC(=O)c1ccc(-c2ccc(-c3nnc(NC(=O)c4oc5ccc(Br)cc5c4C)s3)o2)cc1. The number of hydrogen-bond acceptors (Lipinski definition) is 8. The number of furan rings is 2. The molecule has 3 aromatic heterocycles. The second kappa shape index (κ2) is 9.47. The van der Waals surface area contributed by atoms with Gasteiger partial charge in [-0.15, -0.1) is 10.2 Å². The van der Waals surface area contributed by atoms with E-state index >= 15 is 0 Å². The number of anilines is 1. The summed E-state index contributed by atoms with van der Waals surface area (Å²) in [4.78, 5) is 24.6. The third-order valence-corrected chi connectivity index (χ3v) is 6.59. The molecule has 0 unspecified atom stereocenters. The zero-order chi connectivity index (χ0) is 24.5. The molecule has 0 atom stereocenters. The van der Waals surface area contributed by atoms with E-state index in [0.717, 1.165) is 21.0 Å². The number of fused-ring (bicyclic) bond motifs is 1. The van der Waals surface area contributed by atoms with E-state index in [2.05, 4.69) is 31.4 Å². The van der Waals surface area contributed by atoms with E-state index in [0.29, 0.717) is 39.4 Å². The Labute approximate surface area is 212 Å². The number of halogens is 1. The number of hydrogen-bond donors (Lipinski definition) is 1. The van der Waals surface area contributed by atoms with Crippen LogP contribution in [0.5, 0.6) is 0 Å². The fraction of sp³-hybridized carbons (Fsp3) is 0.120. The minimum Gasteiger partial charge on any atom is -0.462 e. The molecule has 5 aromatic rings. The molecule has 1 N–H and O–H groups in total. The molecule has 0 saturated heterocycles. The second-order valence-corrected chi connectivity index (χ2v) is 9.42.